The number of likely N-dealkylation sites (tertiary alicyclic amines) is 1. The maximum Gasteiger partial charge on any atom is 0.246 e. The van der Waals surface area contributed by atoms with Crippen LogP contribution in [0.5, 0.6) is 0 Å². The molecule has 1 aromatic carbocycles. The fourth-order valence-corrected chi connectivity index (χ4v) is 4.27. The van der Waals surface area contributed by atoms with E-state index in [1.807, 2.05) is 23.1 Å². The van der Waals surface area contributed by atoms with E-state index >= 15 is 0 Å². The summed E-state index contributed by atoms with van der Waals surface area (Å²) in [5.41, 5.74) is 2.59. The Balaban J connectivity index is 1.35. The Kier molecular flexibility index (Phi) is 4.37. The van der Waals surface area contributed by atoms with Crippen molar-refractivity contribution in [3.8, 4) is 0 Å². The SMILES string of the molecule is CN=C(NCC(=O)N1CCc2ccccc21)N1CCC2(CCOC2)C1. The molecule has 3 aliphatic heterocycles. The van der Waals surface area contributed by atoms with Gasteiger partial charge in [-0.3, -0.25) is 9.79 Å². The molecule has 1 amide bonds. The van der Waals surface area contributed by atoms with Crippen molar-refractivity contribution in [3.63, 3.8) is 0 Å². The van der Waals surface area contributed by atoms with Gasteiger partial charge in [0, 0.05) is 44.4 Å². The zero-order valence-electron chi connectivity index (χ0n) is 14.8. The number of para-hydroxylation sites is 1. The number of rotatable bonds is 2. The Morgan fingerprint density at radius 3 is 3.00 bits per heavy atom. The number of carbonyl (C=O) groups is 1. The monoisotopic (exact) mass is 342 g/mol. The molecule has 4 rings (SSSR count). The first-order valence-corrected chi connectivity index (χ1v) is 9.12. The quantitative estimate of drug-likeness (QED) is 0.649. The maximum atomic E-state index is 12.7. The van der Waals surface area contributed by atoms with E-state index in [0.29, 0.717) is 0 Å². The standard InChI is InChI=1S/C19H26N4O2/c1-20-18(22-10-7-19(13-22)8-11-25-14-19)21-12-17(24)23-9-6-15-4-2-3-5-16(15)23/h2-5H,6-14H2,1H3,(H,20,21). The third-order valence-corrected chi connectivity index (χ3v) is 5.72. The van der Waals surface area contributed by atoms with Crippen LogP contribution in [-0.2, 0) is 16.0 Å². The molecular formula is C19H26N4O2. The number of anilines is 1. The number of ether oxygens (including phenoxy) is 1. The average molecular weight is 342 g/mol. The minimum absolute atomic E-state index is 0.101. The highest BCUT2D eigenvalue weighted by Crippen LogP contribution is 2.38. The van der Waals surface area contributed by atoms with Gasteiger partial charge in [-0.2, -0.15) is 0 Å². The van der Waals surface area contributed by atoms with E-state index in [9.17, 15) is 4.79 Å². The molecule has 1 spiro atoms. The van der Waals surface area contributed by atoms with E-state index in [1.165, 1.54) is 5.56 Å². The molecule has 1 aromatic rings. The van der Waals surface area contributed by atoms with Crippen LogP contribution in [0.25, 0.3) is 0 Å². The molecule has 25 heavy (non-hydrogen) atoms. The van der Waals surface area contributed by atoms with Crippen LogP contribution >= 0.6 is 0 Å². The largest absolute Gasteiger partial charge is 0.381 e. The van der Waals surface area contributed by atoms with Gasteiger partial charge in [-0.25, -0.2) is 0 Å². The van der Waals surface area contributed by atoms with Crippen molar-refractivity contribution in [3.05, 3.63) is 29.8 Å². The fourth-order valence-electron chi connectivity index (χ4n) is 4.27. The topological polar surface area (TPSA) is 57.2 Å². The molecule has 2 saturated heterocycles. The van der Waals surface area contributed by atoms with Crippen molar-refractivity contribution >= 4 is 17.6 Å². The summed E-state index contributed by atoms with van der Waals surface area (Å²) < 4.78 is 5.60. The number of benzene rings is 1. The van der Waals surface area contributed by atoms with E-state index in [4.69, 9.17) is 4.74 Å². The van der Waals surface area contributed by atoms with Crippen LogP contribution in [0, 0.1) is 5.41 Å². The third kappa shape index (κ3) is 3.11. The molecule has 0 radical (unpaired) electrons. The Labute approximate surface area is 148 Å². The molecule has 1 atom stereocenters. The average Bonchev–Trinajstić information content (AvgIpc) is 3.36. The number of nitrogens with zero attached hydrogens (tertiary/aromatic N) is 3. The zero-order chi connectivity index (χ0) is 17.3. The minimum Gasteiger partial charge on any atom is -0.381 e. The first-order chi connectivity index (χ1) is 12.2. The molecule has 3 heterocycles. The highest BCUT2D eigenvalue weighted by molar-refractivity contribution is 5.98. The molecule has 2 fully saturated rings. The number of fused-ring (bicyclic) bond motifs is 1. The number of hydrogen-bond acceptors (Lipinski definition) is 3. The van der Waals surface area contributed by atoms with E-state index in [0.717, 1.165) is 63.8 Å². The van der Waals surface area contributed by atoms with Crippen molar-refractivity contribution < 1.29 is 9.53 Å². The van der Waals surface area contributed by atoms with Gasteiger partial charge in [0.25, 0.3) is 0 Å². The van der Waals surface area contributed by atoms with Gasteiger partial charge in [-0.1, -0.05) is 18.2 Å². The van der Waals surface area contributed by atoms with Crippen LogP contribution in [0.2, 0.25) is 0 Å². The van der Waals surface area contributed by atoms with Gasteiger partial charge in [0.2, 0.25) is 5.91 Å². The number of nitrogens with one attached hydrogen (secondary N) is 1. The molecule has 0 aliphatic carbocycles. The Morgan fingerprint density at radius 1 is 1.32 bits per heavy atom. The lowest BCUT2D eigenvalue weighted by atomic mass is 9.87. The number of amides is 1. The van der Waals surface area contributed by atoms with E-state index in [-0.39, 0.29) is 17.9 Å². The molecule has 1 unspecified atom stereocenters. The van der Waals surface area contributed by atoms with Crippen molar-refractivity contribution in [2.75, 3.05) is 51.3 Å². The molecule has 0 saturated carbocycles. The molecule has 1 N–H and O–H groups in total. The Morgan fingerprint density at radius 2 is 2.20 bits per heavy atom. The number of hydrogen-bond donors (Lipinski definition) is 1. The maximum absolute atomic E-state index is 12.7. The van der Waals surface area contributed by atoms with Crippen molar-refractivity contribution in [1.82, 2.24) is 10.2 Å². The highest BCUT2D eigenvalue weighted by atomic mass is 16.5. The summed E-state index contributed by atoms with van der Waals surface area (Å²) in [5, 5.41) is 3.27. The zero-order valence-corrected chi connectivity index (χ0v) is 14.8. The van der Waals surface area contributed by atoms with Gasteiger partial charge in [0.15, 0.2) is 5.96 Å². The smallest absolute Gasteiger partial charge is 0.246 e. The second kappa shape index (κ2) is 6.67. The minimum atomic E-state index is 0.101. The fraction of sp³-hybridized carbons (Fsp3) is 0.579. The summed E-state index contributed by atoms with van der Waals surface area (Å²) in [4.78, 5) is 21.2. The number of carbonyl (C=O) groups excluding carboxylic acids is 1. The number of guanidine groups is 1. The van der Waals surface area contributed by atoms with Gasteiger partial charge in [0.1, 0.15) is 0 Å². The van der Waals surface area contributed by atoms with Gasteiger partial charge >= 0.3 is 0 Å². The molecule has 3 aliphatic rings. The van der Waals surface area contributed by atoms with Crippen molar-refractivity contribution in [2.45, 2.75) is 19.3 Å². The second-order valence-corrected chi connectivity index (χ2v) is 7.30. The summed E-state index contributed by atoms with van der Waals surface area (Å²) in [5.74, 6) is 0.925. The predicted molar refractivity (Wildman–Crippen MR) is 97.9 cm³/mol. The van der Waals surface area contributed by atoms with E-state index in [1.54, 1.807) is 7.05 Å². The van der Waals surface area contributed by atoms with E-state index in [2.05, 4.69) is 21.3 Å². The van der Waals surface area contributed by atoms with Crippen LogP contribution in [0.4, 0.5) is 5.69 Å². The van der Waals surface area contributed by atoms with Crippen molar-refractivity contribution in [2.24, 2.45) is 10.4 Å². The Hall–Kier alpha value is -2.08. The highest BCUT2D eigenvalue weighted by Gasteiger charge is 2.42. The first kappa shape index (κ1) is 16.4. The Bertz CT molecular complexity index is 682. The van der Waals surface area contributed by atoms with Crippen LogP contribution < -0.4 is 10.2 Å². The summed E-state index contributed by atoms with van der Waals surface area (Å²) in [6.07, 6.45) is 3.20. The van der Waals surface area contributed by atoms with Gasteiger partial charge in [-0.05, 0) is 30.9 Å². The van der Waals surface area contributed by atoms with Gasteiger partial charge < -0.3 is 19.9 Å². The van der Waals surface area contributed by atoms with Gasteiger partial charge in [-0.15, -0.1) is 0 Å². The summed E-state index contributed by atoms with van der Waals surface area (Å²) >= 11 is 0. The van der Waals surface area contributed by atoms with Crippen LogP contribution in [0.15, 0.2) is 29.3 Å². The molecule has 134 valence electrons. The molecule has 6 heteroatoms. The van der Waals surface area contributed by atoms with Crippen LogP contribution in [-0.4, -0.2) is 63.2 Å². The lowest BCUT2D eigenvalue weighted by Gasteiger charge is -2.25. The normalized spacial score (nSPS) is 25.7. The van der Waals surface area contributed by atoms with Crippen LogP contribution in [0.1, 0.15) is 18.4 Å². The summed E-state index contributed by atoms with van der Waals surface area (Å²) in [6.45, 7) is 4.71. The lowest BCUT2D eigenvalue weighted by Crippen LogP contribution is -2.46. The molecular weight excluding hydrogens is 316 g/mol. The summed E-state index contributed by atoms with van der Waals surface area (Å²) in [7, 11) is 1.79. The second-order valence-electron chi connectivity index (χ2n) is 7.30. The van der Waals surface area contributed by atoms with Crippen LogP contribution in [0.3, 0.4) is 0 Å². The molecule has 0 bridgehead atoms. The van der Waals surface area contributed by atoms with Gasteiger partial charge in [0.05, 0.1) is 13.2 Å². The van der Waals surface area contributed by atoms with Crippen molar-refractivity contribution in [1.29, 1.82) is 0 Å². The predicted octanol–water partition coefficient (Wildman–Crippen LogP) is 1.26. The number of aliphatic imine (C=N–C) groups is 1. The molecule has 6 nitrogen and oxygen atoms in total. The first-order valence-electron chi connectivity index (χ1n) is 9.12. The third-order valence-electron chi connectivity index (χ3n) is 5.72. The lowest BCUT2D eigenvalue weighted by molar-refractivity contribution is -0.117. The summed E-state index contributed by atoms with van der Waals surface area (Å²) in [6, 6.07) is 8.15. The molecule has 0 aromatic heterocycles. The van der Waals surface area contributed by atoms with E-state index < -0.39 is 0 Å².